The van der Waals surface area contributed by atoms with Gasteiger partial charge in [0.1, 0.15) is 0 Å². The molecular formula is C22H18N2O4S. The highest BCUT2D eigenvalue weighted by molar-refractivity contribution is 8.00. The number of nitro benzene ring substituents is 1. The molecule has 0 bridgehead atoms. The maximum absolute atomic E-state index is 12.4. The van der Waals surface area contributed by atoms with Gasteiger partial charge in [0.2, 0.25) is 0 Å². The molecule has 3 aromatic carbocycles. The maximum atomic E-state index is 12.4. The van der Waals surface area contributed by atoms with E-state index in [1.165, 1.54) is 30.0 Å². The smallest absolute Gasteiger partial charge is 0.270 e. The van der Waals surface area contributed by atoms with Crippen LogP contribution in [0.25, 0.3) is 0 Å². The fourth-order valence-corrected chi connectivity index (χ4v) is 3.53. The normalized spacial score (nSPS) is 10.4. The molecule has 0 spiro atoms. The number of anilines is 1. The van der Waals surface area contributed by atoms with Crippen molar-refractivity contribution in [2.45, 2.75) is 11.8 Å². The lowest BCUT2D eigenvalue weighted by Crippen LogP contribution is -2.11. The molecule has 0 heterocycles. The molecule has 3 rings (SSSR count). The number of ketones is 1. The molecular weight excluding hydrogens is 388 g/mol. The third kappa shape index (κ3) is 5.52. The fraction of sp³-hybridized carbons (Fsp3) is 0.0909. The quantitative estimate of drug-likeness (QED) is 0.254. The minimum atomic E-state index is -0.524. The molecule has 0 fully saturated rings. The van der Waals surface area contributed by atoms with Crippen LogP contribution >= 0.6 is 11.8 Å². The fourth-order valence-electron chi connectivity index (χ4n) is 2.68. The zero-order valence-electron chi connectivity index (χ0n) is 15.6. The number of rotatable bonds is 7. The molecule has 0 unspecified atom stereocenters. The lowest BCUT2D eigenvalue weighted by molar-refractivity contribution is -0.384. The van der Waals surface area contributed by atoms with Crippen LogP contribution in [-0.2, 0) is 0 Å². The summed E-state index contributed by atoms with van der Waals surface area (Å²) in [6.45, 7) is 1.92. The van der Waals surface area contributed by atoms with E-state index in [-0.39, 0.29) is 23.1 Å². The van der Waals surface area contributed by atoms with E-state index < -0.39 is 4.92 Å². The van der Waals surface area contributed by atoms with Gasteiger partial charge in [-0.05, 0) is 37.3 Å². The van der Waals surface area contributed by atoms with Crippen LogP contribution in [0.2, 0.25) is 0 Å². The average Bonchev–Trinajstić information content (AvgIpc) is 2.72. The predicted molar refractivity (Wildman–Crippen MR) is 114 cm³/mol. The van der Waals surface area contributed by atoms with Crippen molar-refractivity contribution in [3.05, 3.63) is 99.6 Å². The maximum Gasteiger partial charge on any atom is 0.270 e. The first-order chi connectivity index (χ1) is 13.9. The van der Waals surface area contributed by atoms with Crippen LogP contribution in [0.5, 0.6) is 0 Å². The summed E-state index contributed by atoms with van der Waals surface area (Å²) in [7, 11) is 0. The Morgan fingerprint density at radius 1 is 0.966 bits per heavy atom. The number of nitro groups is 1. The first kappa shape index (κ1) is 20.3. The molecule has 0 saturated heterocycles. The second-order valence-electron chi connectivity index (χ2n) is 6.37. The molecule has 1 amide bonds. The molecule has 29 heavy (non-hydrogen) atoms. The van der Waals surface area contributed by atoms with Gasteiger partial charge in [-0.15, -0.1) is 11.8 Å². The van der Waals surface area contributed by atoms with E-state index >= 15 is 0 Å². The van der Waals surface area contributed by atoms with E-state index in [0.29, 0.717) is 16.8 Å². The van der Waals surface area contributed by atoms with Crippen LogP contribution in [0.4, 0.5) is 11.4 Å². The molecule has 0 atom stereocenters. The zero-order chi connectivity index (χ0) is 20.8. The summed E-state index contributed by atoms with van der Waals surface area (Å²) in [6, 6.07) is 20.2. The number of nitrogens with one attached hydrogen (secondary N) is 1. The molecule has 3 aromatic rings. The van der Waals surface area contributed by atoms with E-state index in [2.05, 4.69) is 5.32 Å². The number of benzene rings is 3. The van der Waals surface area contributed by atoms with Crippen LogP contribution in [0.3, 0.4) is 0 Å². The van der Waals surface area contributed by atoms with E-state index in [9.17, 15) is 19.7 Å². The molecule has 146 valence electrons. The zero-order valence-corrected chi connectivity index (χ0v) is 16.4. The standard InChI is InChI=1S/C22H18N2O4S/c1-15-5-2-7-17(11-15)22(26)23-18-8-4-10-20(13-18)29-14-21(25)16-6-3-9-19(12-16)24(27)28/h2-13H,14H2,1H3,(H,23,26). The first-order valence-electron chi connectivity index (χ1n) is 8.81. The molecule has 1 N–H and O–H groups in total. The summed E-state index contributed by atoms with van der Waals surface area (Å²) in [5.74, 6) is -0.271. The van der Waals surface area contributed by atoms with Crippen molar-refractivity contribution in [1.82, 2.24) is 0 Å². The topological polar surface area (TPSA) is 89.3 Å². The largest absolute Gasteiger partial charge is 0.322 e. The summed E-state index contributed by atoms with van der Waals surface area (Å²) < 4.78 is 0. The van der Waals surface area contributed by atoms with Crippen molar-refractivity contribution >= 4 is 34.8 Å². The van der Waals surface area contributed by atoms with Crippen LogP contribution in [0.1, 0.15) is 26.3 Å². The Morgan fingerprint density at radius 3 is 2.45 bits per heavy atom. The monoisotopic (exact) mass is 406 g/mol. The number of carbonyl (C=O) groups is 2. The molecule has 0 radical (unpaired) electrons. The molecule has 0 saturated carbocycles. The molecule has 7 heteroatoms. The average molecular weight is 406 g/mol. The molecule has 6 nitrogen and oxygen atoms in total. The van der Waals surface area contributed by atoms with E-state index in [1.807, 2.05) is 31.2 Å². The van der Waals surface area contributed by atoms with E-state index in [4.69, 9.17) is 0 Å². The van der Waals surface area contributed by atoms with Gasteiger partial charge in [0, 0.05) is 33.8 Å². The first-order valence-corrected chi connectivity index (χ1v) is 9.79. The van der Waals surface area contributed by atoms with Gasteiger partial charge in [-0.1, -0.05) is 35.9 Å². The second kappa shape index (κ2) is 9.16. The summed E-state index contributed by atoms with van der Waals surface area (Å²) >= 11 is 1.31. The lowest BCUT2D eigenvalue weighted by atomic mass is 10.1. The van der Waals surface area contributed by atoms with Gasteiger partial charge in [-0.2, -0.15) is 0 Å². The van der Waals surface area contributed by atoms with Gasteiger partial charge in [-0.3, -0.25) is 19.7 Å². The Bertz CT molecular complexity index is 1080. The van der Waals surface area contributed by atoms with Crippen molar-refractivity contribution < 1.29 is 14.5 Å². The Kier molecular flexibility index (Phi) is 6.41. The number of hydrogen-bond acceptors (Lipinski definition) is 5. The Balaban J connectivity index is 1.64. The van der Waals surface area contributed by atoms with Gasteiger partial charge in [-0.25, -0.2) is 0 Å². The number of thioether (sulfide) groups is 1. The Hall–Kier alpha value is -3.45. The second-order valence-corrected chi connectivity index (χ2v) is 7.42. The number of nitrogens with zero attached hydrogens (tertiary/aromatic N) is 1. The highest BCUT2D eigenvalue weighted by atomic mass is 32.2. The summed E-state index contributed by atoms with van der Waals surface area (Å²) in [5.41, 5.74) is 2.40. The highest BCUT2D eigenvalue weighted by Crippen LogP contribution is 2.24. The van der Waals surface area contributed by atoms with Gasteiger partial charge in [0.05, 0.1) is 10.7 Å². The van der Waals surface area contributed by atoms with Crippen molar-refractivity contribution in [1.29, 1.82) is 0 Å². The number of non-ortho nitro benzene ring substituents is 1. The Labute approximate surface area is 172 Å². The Morgan fingerprint density at radius 2 is 1.69 bits per heavy atom. The predicted octanol–water partition coefficient (Wildman–Crippen LogP) is 5.13. The number of Topliss-reactive ketones (excluding diaryl/α,β-unsaturated/α-hetero) is 1. The lowest BCUT2D eigenvalue weighted by Gasteiger charge is -2.08. The van der Waals surface area contributed by atoms with Crippen LogP contribution in [0, 0.1) is 17.0 Å². The summed E-state index contributed by atoms with van der Waals surface area (Å²) in [6.07, 6.45) is 0. The highest BCUT2D eigenvalue weighted by Gasteiger charge is 2.12. The SMILES string of the molecule is Cc1cccc(C(=O)Nc2cccc(SCC(=O)c3cccc([N+](=O)[O-])c3)c2)c1. The van der Waals surface area contributed by atoms with Gasteiger partial charge in [0.15, 0.2) is 5.78 Å². The summed E-state index contributed by atoms with van der Waals surface area (Å²) in [5, 5.41) is 13.7. The van der Waals surface area contributed by atoms with Crippen molar-refractivity contribution in [2.24, 2.45) is 0 Å². The van der Waals surface area contributed by atoms with Crippen LogP contribution in [0.15, 0.2) is 77.7 Å². The number of aryl methyl sites for hydroxylation is 1. The van der Waals surface area contributed by atoms with Crippen molar-refractivity contribution in [3.8, 4) is 0 Å². The van der Waals surface area contributed by atoms with Crippen molar-refractivity contribution in [2.75, 3.05) is 11.1 Å². The molecule has 0 aromatic heterocycles. The molecule has 0 aliphatic carbocycles. The van der Waals surface area contributed by atoms with Crippen LogP contribution in [-0.4, -0.2) is 22.4 Å². The number of amides is 1. The van der Waals surface area contributed by atoms with E-state index in [1.54, 1.807) is 30.3 Å². The van der Waals surface area contributed by atoms with Crippen LogP contribution < -0.4 is 5.32 Å². The van der Waals surface area contributed by atoms with Gasteiger partial charge >= 0.3 is 0 Å². The third-order valence-corrected chi connectivity index (χ3v) is 5.11. The van der Waals surface area contributed by atoms with Gasteiger partial charge in [0.25, 0.3) is 11.6 Å². The molecule has 0 aliphatic heterocycles. The summed E-state index contributed by atoms with van der Waals surface area (Å²) in [4.78, 5) is 35.9. The van der Waals surface area contributed by atoms with Gasteiger partial charge < -0.3 is 5.32 Å². The minimum Gasteiger partial charge on any atom is -0.322 e. The molecule has 0 aliphatic rings. The number of hydrogen-bond donors (Lipinski definition) is 1. The van der Waals surface area contributed by atoms with E-state index in [0.717, 1.165) is 10.5 Å². The van der Waals surface area contributed by atoms with Crippen molar-refractivity contribution in [3.63, 3.8) is 0 Å². The third-order valence-electron chi connectivity index (χ3n) is 4.12. The number of carbonyl (C=O) groups excluding carboxylic acids is 2. The minimum absolute atomic E-state index is 0.110.